The third kappa shape index (κ3) is 2.31. The first-order valence-corrected chi connectivity index (χ1v) is 3.51. The van der Waals surface area contributed by atoms with E-state index in [1.807, 2.05) is 0 Å². The summed E-state index contributed by atoms with van der Waals surface area (Å²) < 4.78 is 38.7. The number of esters is 1. The summed E-state index contributed by atoms with van der Waals surface area (Å²) in [5, 5.41) is 9.09. The van der Waals surface area contributed by atoms with Crippen LogP contribution in [-0.4, -0.2) is 29.1 Å². The molecular formula is C6H8F3NO3. The highest BCUT2D eigenvalue weighted by Gasteiger charge is 2.50. The van der Waals surface area contributed by atoms with E-state index in [1.54, 1.807) is 0 Å². The standard InChI is InChI=1S/C6H8F3NO3/c7-6(8,9)4(11)13-5(12)1-3(10)2-5/h3,12H,1-2,10H2. The topological polar surface area (TPSA) is 72.6 Å². The third-order valence-corrected chi connectivity index (χ3v) is 1.68. The summed E-state index contributed by atoms with van der Waals surface area (Å²) in [4.78, 5) is 10.2. The van der Waals surface area contributed by atoms with Gasteiger partial charge in [-0.05, 0) is 0 Å². The quantitative estimate of drug-likeness (QED) is 0.457. The average molecular weight is 199 g/mol. The normalized spacial score (nSPS) is 33.8. The molecule has 0 atom stereocenters. The molecule has 0 aromatic rings. The molecule has 0 unspecified atom stereocenters. The number of carbonyl (C=O) groups is 1. The van der Waals surface area contributed by atoms with Crippen LogP contribution in [0.4, 0.5) is 13.2 Å². The van der Waals surface area contributed by atoms with E-state index < -0.39 is 24.0 Å². The predicted molar refractivity (Wildman–Crippen MR) is 34.3 cm³/mol. The highest BCUT2D eigenvalue weighted by Crippen LogP contribution is 2.34. The molecule has 0 aromatic carbocycles. The van der Waals surface area contributed by atoms with Crippen LogP contribution in [0.3, 0.4) is 0 Å². The van der Waals surface area contributed by atoms with Crippen LogP contribution in [0.5, 0.6) is 0 Å². The predicted octanol–water partition coefficient (Wildman–Crippen LogP) is -0.0984. The van der Waals surface area contributed by atoms with Crippen molar-refractivity contribution >= 4 is 5.97 Å². The maximum atomic E-state index is 11.6. The van der Waals surface area contributed by atoms with Crippen molar-refractivity contribution < 1.29 is 27.8 Å². The number of carbonyl (C=O) groups excluding carboxylic acids is 1. The Morgan fingerprint density at radius 3 is 2.31 bits per heavy atom. The van der Waals surface area contributed by atoms with E-state index in [2.05, 4.69) is 4.74 Å². The number of halogens is 3. The van der Waals surface area contributed by atoms with Crippen molar-refractivity contribution in [2.45, 2.75) is 30.8 Å². The van der Waals surface area contributed by atoms with Crippen LogP contribution in [0.15, 0.2) is 0 Å². The molecule has 76 valence electrons. The van der Waals surface area contributed by atoms with Crippen molar-refractivity contribution in [1.82, 2.24) is 0 Å². The highest BCUT2D eigenvalue weighted by molar-refractivity contribution is 5.76. The van der Waals surface area contributed by atoms with Gasteiger partial charge < -0.3 is 15.6 Å². The van der Waals surface area contributed by atoms with E-state index in [0.29, 0.717) is 0 Å². The van der Waals surface area contributed by atoms with Crippen LogP contribution in [0.2, 0.25) is 0 Å². The van der Waals surface area contributed by atoms with Crippen LogP contribution in [0.1, 0.15) is 12.8 Å². The second kappa shape index (κ2) is 2.85. The van der Waals surface area contributed by atoms with Gasteiger partial charge in [0.1, 0.15) is 0 Å². The van der Waals surface area contributed by atoms with Crippen molar-refractivity contribution in [3.8, 4) is 0 Å². The lowest BCUT2D eigenvalue weighted by Gasteiger charge is -2.40. The van der Waals surface area contributed by atoms with E-state index >= 15 is 0 Å². The van der Waals surface area contributed by atoms with Crippen LogP contribution in [-0.2, 0) is 9.53 Å². The summed E-state index contributed by atoms with van der Waals surface area (Å²) in [6.07, 6.45) is -5.39. The molecule has 0 aliphatic heterocycles. The molecule has 1 aliphatic rings. The molecule has 0 bridgehead atoms. The van der Waals surface area contributed by atoms with Gasteiger partial charge in [-0.2, -0.15) is 13.2 Å². The zero-order chi connectivity index (χ0) is 10.3. The SMILES string of the molecule is NC1CC(O)(OC(=O)C(F)(F)F)C1. The van der Waals surface area contributed by atoms with Gasteiger partial charge in [-0.15, -0.1) is 0 Å². The minimum Gasteiger partial charge on any atom is -0.426 e. The minimum absolute atomic E-state index is 0.158. The molecule has 4 nitrogen and oxygen atoms in total. The lowest BCUT2D eigenvalue weighted by Crippen LogP contribution is -2.55. The zero-order valence-electron chi connectivity index (χ0n) is 6.47. The van der Waals surface area contributed by atoms with Crippen molar-refractivity contribution in [3.05, 3.63) is 0 Å². The largest absolute Gasteiger partial charge is 0.491 e. The van der Waals surface area contributed by atoms with Crippen LogP contribution < -0.4 is 5.73 Å². The van der Waals surface area contributed by atoms with Crippen LogP contribution in [0, 0.1) is 0 Å². The van der Waals surface area contributed by atoms with Crippen molar-refractivity contribution in [3.63, 3.8) is 0 Å². The molecule has 0 radical (unpaired) electrons. The summed E-state index contributed by atoms with van der Waals surface area (Å²) in [5.74, 6) is -4.41. The Balaban J connectivity index is 2.46. The smallest absolute Gasteiger partial charge is 0.426 e. The number of nitrogens with two attached hydrogens (primary N) is 1. The Bertz CT molecular complexity index is 222. The number of rotatable bonds is 1. The monoisotopic (exact) mass is 199 g/mol. The van der Waals surface area contributed by atoms with Crippen molar-refractivity contribution in [1.29, 1.82) is 0 Å². The molecule has 0 heterocycles. The molecule has 3 N–H and O–H groups in total. The number of aliphatic hydroxyl groups is 1. The number of hydrogen-bond donors (Lipinski definition) is 2. The lowest BCUT2D eigenvalue weighted by atomic mass is 9.86. The molecule has 1 rings (SSSR count). The summed E-state index contributed by atoms with van der Waals surface area (Å²) in [6.45, 7) is 0. The number of alkyl halides is 3. The lowest BCUT2D eigenvalue weighted by molar-refractivity contribution is -0.271. The second-order valence-electron chi connectivity index (χ2n) is 3.00. The van der Waals surface area contributed by atoms with E-state index in [4.69, 9.17) is 10.8 Å². The Hall–Kier alpha value is -0.820. The minimum atomic E-state index is -5.07. The second-order valence-corrected chi connectivity index (χ2v) is 3.00. The Morgan fingerprint density at radius 1 is 1.54 bits per heavy atom. The fourth-order valence-electron chi connectivity index (χ4n) is 1.07. The Kier molecular flexibility index (Phi) is 2.25. The van der Waals surface area contributed by atoms with Gasteiger partial charge in [0.25, 0.3) is 0 Å². The van der Waals surface area contributed by atoms with Gasteiger partial charge in [0.2, 0.25) is 5.79 Å². The number of hydrogen-bond acceptors (Lipinski definition) is 4. The van der Waals surface area contributed by atoms with Gasteiger partial charge in [-0.3, -0.25) is 0 Å². The molecule has 13 heavy (non-hydrogen) atoms. The van der Waals surface area contributed by atoms with E-state index in [9.17, 15) is 18.0 Å². The Labute approximate surface area is 71.5 Å². The van der Waals surface area contributed by atoms with Gasteiger partial charge >= 0.3 is 12.1 Å². The molecule has 7 heteroatoms. The average Bonchev–Trinajstić information content (AvgIpc) is 1.81. The molecule has 0 spiro atoms. The first-order chi connectivity index (χ1) is 5.73. The van der Waals surface area contributed by atoms with Gasteiger partial charge in [-0.1, -0.05) is 0 Å². The van der Waals surface area contributed by atoms with Crippen LogP contribution in [0.25, 0.3) is 0 Å². The fraction of sp³-hybridized carbons (Fsp3) is 0.833. The maximum Gasteiger partial charge on any atom is 0.491 e. The fourth-order valence-corrected chi connectivity index (χ4v) is 1.07. The Morgan fingerprint density at radius 2 is 2.00 bits per heavy atom. The first-order valence-electron chi connectivity index (χ1n) is 3.51. The van der Waals surface area contributed by atoms with E-state index in [1.165, 1.54) is 0 Å². The maximum absolute atomic E-state index is 11.6. The summed E-state index contributed by atoms with van der Waals surface area (Å²) in [7, 11) is 0. The summed E-state index contributed by atoms with van der Waals surface area (Å²) >= 11 is 0. The molecule has 1 fully saturated rings. The van der Waals surface area contributed by atoms with Crippen molar-refractivity contribution in [2.24, 2.45) is 5.73 Å². The summed E-state index contributed by atoms with van der Waals surface area (Å²) in [5.41, 5.74) is 5.21. The first kappa shape index (κ1) is 10.3. The molecule has 0 aromatic heterocycles. The number of ether oxygens (including phenoxy) is 1. The molecule has 1 aliphatic carbocycles. The molecular weight excluding hydrogens is 191 g/mol. The van der Waals surface area contributed by atoms with Gasteiger partial charge in [0, 0.05) is 18.9 Å². The molecule has 0 saturated heterocycles. The zero-order valence-corrected chi connectivity index (χ0v) is 6.47. The molecule has 1 saturated carbocycles. The van der Waals surface area contributed by atoms with Gasteiger partial charge in [0.05, 0.1) is 0 Å². The summed E-state index contributed by atoms with van der Waals surface area (Å²) in [6, 6.07) is -0.411. The van der Waals surface area contributed by atoms with Crippen LogP contribution >= 0.6 is 0 Å². The van der Waals surface area contributed by atoms with Gasteiger partial charge in [0.15, 0.2) is 0 Å². The van der Waals surface area contributed by atoms with E-state index in [0.717, 1.165) is 0 Å². The highest BCUT2D eigenvalue weighted by atomic mass is 19.4. The third-order valence-electron chi connectivity index (χ3n) is 1.68. The van der Waals surface area contributed by atoms with Crippen molar-refractivity contribution in [2.75, 3.05) is 0 Å². The molecule has 0 amide bonds. The van der Waals surface area contributed by atoms with E-state index in [-0.39, 0.29) is 12.8 Å². The van der Waals surface area contributed by atoms with Gasteiger partial charge in [-0.25, -0.2) is 4.79 Å².